The second-order valence-corrected chi connectivity index (χ2v) is 5.88. The van der Waals surface area contributed by atoms with Crippen molar-refractivity contribution in [2.24, 2.45) is 5.92 Å². The van der Waals surface area contributed by atoms with Gasteiger partial charge in [0.1, 0.15) is 0 Å². The SMILES string of the molecule is COC(=O)[C@H]1CCCCC[C@@H]1NC(=O)c1cccc(CC#N)c1. The molecule has 0 aliphatic heterocycles. The Kier molecular flexibility index (Phi) is 6.16. The van der Waals surface area contributed by atoms with E-state index in [1.807, 2.05) is 6.07 Å². The number of esters is 1. The molecule has 0 bridgehead atoms. The third-order valence-electron chi connectivity index (χ3n) is 4.31. The number of rotatable bonds is 4. The van der Waals surface area contributed by atoms with E-state index in [1.165, 1.54) is 7.11 Å². The number of nitriles is 1. The number of carbonyl (C=O) groups is 2. The van der Waals surface area contributed by atoms with Gasteiger partial charge in [-0.15, -0.1) is 0 Å². The van der Waals surface area contributed by atoms with E-state index in [0.29, 0.717) is 5.56 Å². The lowest BCUT2D eigenvalue weighted by Gasteiger charge is -2.24. The molecule has 0 aromatic heterocycles. The molecule has 1 aromatic rings. The Balaban J connectivity index is 2.11. The average Bonchev–Trinajstić information content (AvgIpc) is 2.80. The minimum atomic E-state index is -0.284. The third kappa shape index (κ3) is 4.56. The second-order valence-electron chi connectivity index (χ2n) is 5.88. The molecule has 23 heavy (non-hydrogen) atoms. The molecular formula is C18H22N2O3. The Bertz CT molecular complexity index is 607. The van der Waals surface area contributed by atoms with Crippen molar-refractivity contribution in [1.29, 1.82) is 5.26 Å². The third-order valence-corrected chi connectivity index (χ3v) is 4.31. The normalized spacial score (nSPS) is 20.9. The van der Waals surface area contributed by atoms with Crippen molar-refractivity contribution in [2.75, 3.05) is 7.11 Å². The minimum absolute atomic E-state index is 0.197. The van der Waals surface area contributed by atoms with Gasteiger partial charge in [-0.2, -0.15) is 5.26 Å². The summed E-state index contributed by atoms with van der Waals surface area (Å²) in [5.74, 6) is -0.741. The van der Waals surface area contributed by atoms with Crippen LogP contribution in [0.4, 0.5) is 0 Å². The zero-order valence-electron chi connectivity index (χ0n) is 13.4. The topological polar surface area (TPSA) is 79.2 Å². The molecule has 0 spiro atoms. The van der Waals surface area contributed by atoms with Gasteiger partial charge in [-0.05, 0) is 30.5 Å². The molecule has 0 radical (unpaired) electrons. The first-order valence-electron chi connectivity index (χ1n) is 8.00. The number of carbonyl (C=O) groups excluding carboxylic acids is 2. The van der Waals surface area contributed by atoms with Crippen LogP contribution in [0.2, 0.25) is 0 Å². The second kappa shape index (κ2) is 8.33. The fourth-order valence-electron chi connectivity index (χ4n) is 3.08. The summed E-state index contributed by atoms with van der Waals surface area (Å²) in [5.41, 5.74) is 1.33. The van der Waals surface area contributed by atoms with Crippen LogP contribution in [0.3, 0.4) is 0 Å². The molecular weight excluding hydrogens is 292 g/mol. The predicted molar refractivity (Wildman–Crippen MR) is 85.6 cm³/mol. The van der Waals surface area contributed by atoms with E-state index < -0.39 is 0 Å². The maximum atomic E-state index is 12.5. The van der Waals surface area contributed by atoms with Gasteiger partial charge < -0.3 is 10.1 Å². The van der Waals surface area contributed by atoms with Gasteiger partial charge in [-0.1, -0.05) is 31.4 Å². The number of nitrogens with zero attached hydrogens (tertiary/aromatic N) is 1. The van der Waals surface area contributed by atoms with Crippen LogP contribution < -0.4 is 5.32 Å². The molecule has 0 heterocycles. The molecule has 5 heteroatoms. The van der Waals surface area contributed by atoms with E-state index >= 15 is 0 Å². The monoisotopic (exact) mass is 314 g/mol. The summed E-state index contributed by atoms with van der Waals surface area (Å²) in [6.07, 6.45) is 4.83. The Morgan fingerprint density at radius 2 is 2.09 bits per heavy atom. The lowest BCUT2D eigenvalue weighted by molar-refractivity contribution is -0.146. The summed E-state index contributed by atoms with van der Waals surface area (Å²) < 4.78 is 4.89. The summed E-state index contributed by atoms with van der Waals surface area (Å²) in [6, 6.07) is 8.92. The van der Waals surface area contributed by atoms with E-state index in [9.17, 15) is 9.59 Å². The molecule has 122 valence electrons. The fraction of sp³-hybridized carbons (Fsp3) is 0.500. The van der Waals surface area contributed by atoms with Crippen LogP contribution in [0.15, 0.2) is 24.3 Å². The highest BCUT2D eigenvalue weighted by molar-refractivity contribution is 5.95. The van der Waals surface area contributed by atoms with Crippen molar-refractivity contribution in [2.45, 2.75) is 44.6 Å². The smallest absolute Gasteiger partial charge is 0.310 e. The minimum Gasteiger partial charge on any atom is -0.469 e. The molecule has 1 aliphatic carbocycles. The highest BCUT2D eigenvalue weighted by Crippen LogP contribution is 2.25. The molecule has 1 N–H and O–H groups in total. The summed E-state index contributed by atoms with van der Waals surface area (Å²) in [6.45, 7) is 0. The zero-order chi connectivity index (χ0) is 16.7. The van der Waals surface area contributed by atoms with Crippen LogP contribution in [-0.2, 0) is 16.0 Å². The number of hydrogen-bond acceptors (Lipinski definition) is 4. The Morgan fingerprint density at radius 3 is 2.83 bits per heavy atom. The molecule has 1 aromatic carbocycles. The summed E-state index contributed by atoms with van der Waals surface area (Å²) in [5, 5.41) is 11.7. The predicted octanol–water partition coefficient (Wildman–Crippen LogP) is 2.60. The summed E-state index contributed by atoms with van der Waals surface area (Å²) in [4.78, 5) is 24.5. The lowest BCUT2D eigenvalue weighted by Crippen LogP contribution is -2.43. The fourth-order valence-corrected chi connectivity index (χ4v) is 3.08. The van der Waals surface area contributed by atoms with E-state index in [4.69, 9.17) is 10.00 Å². The van der Waals surface area contributed by atoms with Gasteiger partial charge in [-0.25, -0.2) is 0 Å². The first-order chi connectivity index (χ1) is 11.2. The molecule has 0 unspecified atom stereocenters. The lowest BCUT2D eigenvalue weighted by atomic mass is 9.94. The van der Waals surface area contributed by atoms with E-state index in [1.54, 1.807) is 18.2 Å². The van der Waals surface area contributed by atoms with E-state index in [0.717, 1.165) is 37.7 Å². The maximum absolute atomic E-state index is 12.5. The number of methoxy groups -OCH3 is 1. The van der Waals surface area contributed by atoms with Crippen LogP contribution in [0.25, 0.3) is 0 Å². The molecule has 1 fully saturated rings. The van der Waals surface area contributed by atoms with Crippen molar-refractivity contribution >= 4 is 11.9 Å². The maximum Gasteiger partial charge on any atom is 0.310 e. The number of ether oxygens (including phenoxy) is 1. The van der Waals surface area contributed by atoms with Crippen molar-refractivity contribution < 1.29 is 14.3 Å². The van der Waals surface area contributed by atoms with Gasteiger partial charge >= 0.3 is 5.97 Å². The first-order valence-corrected chi connectivity index (χ1v) is 8.00. The molecule has 1 amide bonds. The Hall–Kier alpha value is -2.35. The largest absolute Gasteiger partial charge is 0.469 e. The van der Waals surface area contributed by atoms with E-state index in [2.05, 4.69) is 11.4 Å². The molecule has 0 saturated heterocycles. The van der Waals surface area contributed by atoms with Crippen molar-refractivity contribution in [3.63, 3.8) is 0 Å². The number of amides is 1. The van der Waals surface area contributed by atoms with Crippen LogP contribution in [0, 0.1) is 17.2 Å². The molecule has 5 nitrogen and oxygen atoms in total. The zero-order valence-corrected chi connectivity index (χ0v) is 13.4. The van der Waals surface area contributed by atoms with Gasteiger partial charge in [0.15, 0.2) is 0 Å². The van der Waals surface area contributed by atoms with Gasteiger partial charge in [0.25, 0.3) is 5.91 Å². The highest BCUT2D eigenvalue weighted by Gasteiger charge is 2.31. The van der Waals surface area contributed by atoms with Gasteiger partial charge in [0.05, 0.1) is 25.5 Å². The van der Waals surface area contributed by atoms with Crippen LogP contribution in [0.5, 0.6) is 0 Å². The molecule has 1 saturated carbocycles. The molecule has 2 atom stereocenters. The van der Waals surface area contributed by atoms with Crippen molar-refractivity contribution in [3.05, 3.63) is 35.4 Å². The quantitative estimate of drug-likeness (QED) is 0.684. The number of hydrogen-bond donors (Lipinski definition) is 1. The van der Waals surface area contributed by atoms with Gasteiger partial charge in [-0.3, -0.25) is 9.59 Å². The Morgan fingerprint density at radius 1 is 1.30 bits per heavy atom. The number of nitrogens with one attached hydrogen (secondary N) is 1. The Labute approximate surface area is 136 Å². The van der Waals surface area contributed by atoms with Crippen LogP contribution >= 0.6 is 0 Å². The first kappa shape index (κ1) is 17.0. The van der Waals surface area contributed by atoms with Gasteiger partial charge in [0.2, 0.25) is 0 Å². The molecule has 2 rings (SSSR count). The standard InChI is InChI=1S/C18H22N2O3/c1-23-18(22)15-8-3-2-4-9-16(15)20-17(21)14-7-5-6-13(12-14)10-11-19/h5-7,12,15-16H,2-4,8-10H2,1H3,(H,20,21)/t15-,16-/m0/s1. The summed E-state index contributed by atoms with van der Waals surface area (Å²) in [7, 11) is 1.39. The van der Waals surface area contributed by atoms with Crippen molar-refractivity contribution in [1.82, 2.24) is 5.32 Å². The number of benzene rings is 1. The summed E-state index contributed by atoms with van der Waals surface area (Å²) >= 11 is 0. The van der Waals surface area contributed by atoms with E-state index in [-0.39, 0.29) is 30.3 Å². The van der Waals surface area contributed by atoms with Crippen LogP contribution in [0.1, 0.15) is 48.0 Å². The van der Waals surface area contributed by atoms with Gasteiger partial charge in [0, 0.05) is 11.6 Å². The highest BCUT2D eigenvalue weighted by atomic mass is 16.5. The molecule has 1 aliphatic rings. The van der Waals surface area contributed by atoms with Crippen molar-refractivity contribution in [3.8, 4) is 6.07 Å². The average molecular weight is 314 g/mol. The van der Waals surface area contributed by atoms with Crippen LogP contribution in [-0.4, -0.2) is 25.0 Å².